The molecule has 85 heavy (non-hydrogen) atoms. The van der Waals surface area contributed by atoms with Gasteiger partial charge >= 0.3 is 0 Å². The normalized spacial score (nSPS) is 39.5. The summed E-state index contributed by atoms with van der Waals surface area (Å²) >= 11 is 0. The van der Waals surface area contributed by atoms with E-state index in [2.05, 4.69) is 15.0 Å². The first-order chi connectivity index (χ1) is 41.3. The molecule has 5 fully saturated rings. The average Bonchev–Trinajstić information content (AvgIpc) is 3.14. The summed E-state index contributed by atoms with van der Waals surface area (Å²) < 4.78 is 66.5. The lowest BCUT2D eigenvalue weighted by Crippen LogP contribution is -2.69. The number of hydrogen-bond acceptors (Lipinski definition) is 26. The molecule has 0 bridgehead atoms. The highest BCUT2D eigenvalue weighted by Gasteiger charge is 2.56. The van der Waals surface area contributed by atoms with Gasteiger partial charge in [-0.2, -0.15) is 0 Å². The van der Waals surface area contributed by atoms with E-state index < -0.39 is 186 Å². The summed E-state index contributed by atoms with van der Waals surface area (Å²) in [5, 5.41) is 112. The van der Waals surface area contributed by atoms with Gasteiger partial charge in [0, 0.05) is 32.9 Å². The Morgan fingerprint density at radius 1 is 0.376 bits per heavy atom. The zero-order chi connectivity index (χ0) is 60.6. The van der Waals surface area contributed by atoms with Crippen LogP contribution in [0.15, 0.2) is 124 Å². The second kappa shape index (κ2) is 32.3. The molecule has 25 unspecified atom stereocenters. The van der Waals surface area contributed by atoms with Gasteiger partial charge in [0.1, 0.15) is 110 Å². The SMILES string of the molecule is COC1OC(CO)C(OC2OC(CO)C(OC3OC(CO)C(OC4OC(CO)C(OC5OC(CO)C(OC)C(O)C5N=CC=Cc5ccccc5)C(O)C4N=CC=Cc4ccccc4)C(O)C3N)C(O)C2N)C(O)C1N=CC=Cc1ccccc1. The number of aliphatic imine (C=N–C) groups is 3. The van der Waals surface area contributed by atoms with Gasteiger partial charge in [-0.15, -0.1) is 0 Å². The molecular formula is C59H79N5O21. The molecular weight excluding hydrogens is 1110 g/mol. The van der Waals surface area contributed by atoms with Crippen LogP contribution in [0.2, 0.25) is 0 Å². The smallest absolute Gasteiger partial charge is 0.183 e. The molecule has 466 valence electrons. The van der Waals surface area contributed by atoms with E-state index in [-0.39, 0.29) is 0 Å². The Morgan fingerprint density at radius 2 is 0.647 bits per heavy atom. The summed E-state index contributed by atoms with van der Waals surface area (Å²) in [6.45, 7) is -3.71. The summed E-state index contributed by atoms with van der Waals surface area (Å²) in [6.07, 6.45) is -14.8. The molecule has 0 spiro atoms. The van der Waals surface area contributed by atoms with E-state index in [9.17, 15) is 51.1 Å². The maximum Gasteiger partial charge on any atom is 0.183 e. The van der Waals surface area contributed by atoms with Crippen LogP contribution in [-0.2, 0) is 52.1 Å². The Bertz CT molecular complexity index is 2630. The number of methoxy groups -OCH3 is 2. The first-order valence-corrected chi connectivity index (χ1v) is 27.9. The molecule has 14 N–H and O–H groups in total. The Hall–Kier alpha value is -5.03. The molecule has 0 aromatic heterocycles. The summed E-state index contributed by atoms with van der Waals surface area (Å²) in [7, 11) is 2.68. The molecule has 3 aromatic carbocycles. The van der Waals surface area contributed by atoms with Crippen LogP contribution in [0.1, 0.15) is 16.7 Å². The zero-order valence-electron chi connectivity index (χ0n) is 46.8. The molecule has 0 amide bonds. The number of aliphatic hydroxyl groups is 10. The van der Waals surface area contributed by atoms with Crippen molar-refractivity contribution in [3.05, 3.63) is 126 Å². The molecule has 5 aliphatic heterocycles. The van der Waals surface area contributed by atoms with E-state index in [1.165, 1.54) is 32.9 Å². The van der Waals surface area contributed by atoms with Crippen molar-refractivity contribution in [2.75, 3.05) is 47.3 Å². The van der Waals surface area contributed by atoms with E-state index in [1.807, 2.05) is 91.0 Å². The van der Waals surface area contributed by atoms with Gasteiger partial charge in [-0.25, -0.2) is 0 Å². The summed E-state index contributed by atoms with van der Waals surface area (Å²) in [5.74, 6) is 0. The highest BCUT2D eigenvalue weighted by Crippen LogP contribution is 2.37. The number of nitrogens with zero attached hydrogens (tertiary/aromatic N) is 3. The van der Waals surface area contributed by atoms with Crippen molar-refractivity contribution in [3.8, 4) is 0 Å². The Balaban J connectivity index is 0.972. The largest absolute Gasteiger partial charge is 0.394 e. The molecule has 5 saturated heterocycles. The fourth-order valence-electron chi connectivity index (χ4n) is 10.7. The number of rotatable bonds is 24. The van der Waals surface area contributed by atoms with Gasteiger partial charge in [0.05, 0.1) is 45.1 Å². The first kappa shape index (κ1) is 65.9. The van der Waals surface area contributed by atoms with Gasteiger partial charge < -0.3 is 115 Å². The Morgan fingerprint density at radius 3 is 0.965 bits per heavy atom. The molecule has 25 atom stereocenters. The summed E-state index contributed by atoms with van der Waals surface area (Å²) in [4.78, 5) is 13.6. The van der Waals surface area contributed by atoms with Crippen molar-refractivity contribution >= 4 is 36.9 Å². The van der Waals surface area contributed by atoms with Crippen LogP contribution in [0, 0.1) is 0 Å². The van der Waals surface area contributed by atoms with Crippen molar-refractivity contribution in [2.24, 2.45) is 26.4 Å². The molecule has 26 heteroatoms. The van der Waals surface area contributed by atoms with Gasteiger partial charge in [-0.3, -0.25) is 15.0 Å². The number of allylic oxidation sites excluding steroid dienone is 3. The lowest BCUT2D eigenvalue weighted by atomic mass is 9.93. The number of ether oxygens (including phenoxy) is 11. The Kier molecular flexibility index (Phi) is 25.0. The lowest BCUT2D eigenvalue weighted by molar-refractivity contribution is -0.364. The third-order valence-electron chi connectivity index (χ3n) is 15.2. The van der Waals surface area contributed by atoms with Crippen molar-refractivity contribution in [2.45, 2.75) is 153 Å². The van der Waals surface area contributed by atoms with Crippen molar-refractivity contribution in [1.82, 2.24) is 0 Å². The van der Waals surface area contributed by atoms with Gasteiger partial charge in [0.25, 0.3) is 0 Å². The summed E-state index contributed by atoms with van der Waals surface area (Å²) in [5.41, 5.74) is 15.7. The van der Waals surface area contributed by atoms with Gasteiger partial charge in [0.15, 0.2) is 31.5 Å². The zero-order valence-corrected chi connectivity index (χ0v) is 46.8. The summed E-state index contributed by atoms with van der Waals surface area (Å²) in [6, 6.07) is 21.2. The topological polar surface area (TPSA) is 393 Å². The number of aliphatic hydroxyl groups excluding tert-OH is 10. The van der Waals surface area contributed by atoms with E-state index >= 15 is 0 Å². The van der Waals surface area contributed by atoms with Crippen LogP contribution < -0.4 is 11.5 Å². The number of nitrogens with two attached hydrogens (primary N) is 2. The molecule has 0 radical (unpaired) electrons. The fourth-order valence-corrected chi connectivity index (χ4v) is 10.7. The van der Waals surface area contributed by atoms with E-state index in [1.54, 1.807) is 36.5 Å². The second-order valence-corrected chi connectivity index (χ2v) is 20.7. The van der Waals surface area contributed by atoms with Crippen LogP contribution in [-0.4, -0.2) is 270 Å². The van der Waals surface area contributed by atoms with E-state index in [4.69, 9.17) is 63.6 Å². The van der Waals surface area contributed by atoms with Crippen LogP contribution >= 0.6 is 0 Å². The van der Waals surface area contributed by atoms with Crippen molar-refractivity contribution in [1.29, 1.82) is 0 Å². The fraction of sp³-hybridized carbons (Fsp3) is 0.542. The van der Waals surface area contributed by atoms with Gasteiger partial charge in [-0.05, 0) is 34.9 Å². The van der Waals surface area contributed by atoms with Gasteiger partial charge in [-0.1, -0.05) is 109 Å². The maximum atomic E-state index is 12.3. The van der Waals surface area contributed by atoms with Crippen LogP contribution in [0.25, 0.3) is 18.2 Å². The minimum atomic E-state index is -1.78. The molecule has 0 saturated carbocycles. The third kappa shape index (κ3) is 16.2. The van der Waals surface area contributed by atoms with Gasteiger partial charge in [0.2, 0.25) is 0 Å². The van der Waals surface area contributed by atoms with Crippen molar-refractivity contribution < 1.29 is 103 Å². The van der Waals surface area contributed by atoms with Crippen LogP contribution in [0.5, 0.6) is 0 Å². The molecule has 5 aliphatic rings. The monoisotopic (exact) mass is 1190 g/mol. The first-order valence-electron chi connectivity index (χ1n) is 27.9. The quantitative estimate of drug-likeness (QED) is 0.0419. The predicted molar refractivity (Wildman–Crippen MR) is 305 cm³/mol. The third-order valence-corrected chi connectivity index (χ3v) is 15.2. The van der Waals surface area contributed by atoms with Crippen LogP contribution in [0.4, 0.5) is 0 Å². The maximum absolute atomic E-state index is 12.3. The highest BCUT2D eigenvalue weighted by molar-refractivity contribution is 5.79. The molecule has 5 heterocycles. The molecule has 8 rings (SSSR count). The average molecular weight is 1190 g/mol. The van der Waals surface area contributed by atoms with E-state index in [0.717, 1.165) is 16.7 Å². The second-order valence-electron chi connectivity index (χ2n) is 20.7. The van der Waals surface area contributed by atoms with E-state index in [0.29, 0.717) is 0 Å². The highest BCUT2D eigenvalue weighted by atomic mass is 16.8. The lowest BCUT2D eigenvalue weighted by Gasteiger charge is -2.50. The Labute approximate surface area is 491 Å². The standard InChI is InChI=1S/C59H79N5O21/c1-75-50-35(27-65)80-58(43(47(50)72)63-25-13-22-33-17-8-4-9-18-33)85-54-39(31-69)81-59(44(49(54)74)64-26-14-23-34-19-10-5-11-20-34)84-52-37(29-67)78-55(41(61)46(52)71)82-51-36(28-66)77-56(40(60)45(51)70)83-53-38(30-68)79-57(76-2)42(48(53)73)62-24-12-21-32-15-6-3-7-16-32/h3-26,35-59,65-74H,27-31,60-61H2,1-2H3. The minimum Gasteiger partial charge on any atom is -0.394 e. The molecule has 26 nitrogen and oxygen atoms in total. The molecule has 3 aromatic rings. The number of benzene rings is 3. The van der Waals surface area contributed by atoms with Crippen molar-refractivity contribution in [3.63, 3.8) is 0 Å². The predicted octanol–water partition coefficient (Wildman–Crippen LogP) is -2.31. The molecule has 0 aliphatic carbocycles. The van der Waals surface area contributed by atoms with Crippen LogP contribution in [0.3, 0.4) is 0 Å². The number of hydrogen-bond donors (Lipinski definition) is 12. The minimum absolute atomic E-state index is 0.604.